The molecule has 5 atom stereocenters. The Balaban J connectivity index is 1.46. The van der Waals surface area contributed by atoms with Gasteiger partial charge >= 0.3 is 6.61 Å². The molecule has 1 aromatic carbocycles. The Morgan fingerprint density at radius 1 is 1.30 bits per heavy atom. The minimum atomic E-state index is -3.07. The molecule has 3 heterocycles. The molecule has 2 saturated heterocycles. The van der Waals surface area contributed by atoms with E-state index in [9.17, 15) is 18.7 Å². The first-order valence-electron chi connectivity index (χ1n) is 12.1. The third-order valence-corrected chi connectivity index (χ3v) is 7.19. The molecule has 2 aromatic rings. The number of aliphatic hydroxyl groups is 1. The van der Waals surface area contributed by atoms with Gasteiger partial charge < -0.3 is 30.7 Å². The second-order valence-corrected chi connectivity index (χ2v) is 10.3. The second-order valence-electron chi connectivity index (χ2n) is 9.41. The summed E-state index contributed by atoms with van der Waals surface area (Å²) in [6, 6.07) is 4.20. The van der Waals surface area contributed by atoms with E-state index in [1.54, 1.807) is 30.0 Å². The van der Waals surface area contributed by atoms with Crippen molar-refractivity contribution in [1.82, 2.24) is 20.6 Å². The molecule has 13 heteroatoms. The molecule has 0 saturated carbocycles. The van der Waals surface area contributed by atoms with E-state index in [1.165, 1.54) is 6.20 Å². The molecule has 1 aromatic heterocycles. The second kappa shape index (κ2) is 11.9. The fourth-order valence-corrected chi connectivity index (χ4v) is 5.21. The van der Waals surface area contributed by atoms with E-state index in [-0.39, 0.29) is 42.1 Å². The zero-order chi connectivity index (χ0) is 26.7. The van der Waals surface area contributed by atoms with Gasteiger partial charge in [-0.15, -0.1) is 0 Å². The number of anilines is 2. The lowest BCUT2D eigenvalue weighted by Gasteiger charge is -2.36. The topological polar surface area (TPSA) is 112 Å². The standard InChI is InChI=1S/C24H30Cl2F2N6O3/c1-12-3-6-18(30-12)22(36)32-17-7-8-34(11-19(17)35)24-29-10-20(37-23(27)28)21(33-24)31-13(2)15-5-4-14(25)9-16(15)26/h4-5,9-10,12-13,17-19,23,30,35H,3,6-8,11H2,1-2H3,(H,32,36)(H,29,31,33)/t12-,13+,17-,18+,19-/m0/s1. The van der Waals surface area contributed by atoms with Crippen LogP contribution in [-0.4, -0.2) is 64.9 Å². The molecule has 4 N–H and O–H groups in total. The number of aromatic nitrogens is 2. The molecular weight excluding hydrogens is 529 g/mol. The Kier molecular flexibility index (Phi) is 8.89. The van der Waals surface area contributed by atoms with E-state index in [4.69, 9.17) is 23.2 Å². The highest BCUT2D eigenvalue weighted by atomic mass is 35.5. The Hall–Kier alpha value is -2.47. The minimum absolute atomic E-state index is 0.0511. The fraction of sp³-hybridized carbons (Fsp3) is 0.542. The smallest absolute Gasteiger partial charge is 0.387 e. The highest BCUT2D eigenvalue weighted by Crippen LogP contribution is 2.33. The van der Waals surface area contributed by atoms with Crippen molar-refractivity contribution in [3.05, 3.63) is 40.0 Å². The summed E-state index contributed by atoms with van der Waals surface area (Å²) in [5.41, 5.74) is 0.687. The lowest BCUT2D eigenvalue weighted by Crippen LogP contribution is -2.57. The largest absolute Gasteiger partial charge is 0.429 e. The van der Waals surface area contributed by atoms with Gasteiger partial charge in [-0.1, -0.05) is 29.3 Å². The van der Waals surface area contributed by atoms with Crippen LogP contribution in [0.15, 0.2) is 24.4 Å². The lowest BCUT2D eigenvalue weighted by molar-refractivity contribution is -0.124. The quantitative estimate of drug-likeness (QED) is 0.387. The summed E-state index contributed by atoms with van der Waals surface area (Å²) in [5.74, 6) is -0.0617. The molecule has 9 nitrogen and oxygen atoms in total. The number of β-amino-alcohol motifs (C(OH)–C–C–N with tert-alkyl or cyclic N) is 1. The number of ether oxygens (including phenoxy) is 1. The fourth-order valence-electron chi connectivity index (χ4n) is 4.63. The SMILES string of the molecule is C[C@H]1CC[C@H](C(=O)N[C@H]2CCN(c3ncc(OC(F)F)c(N[C@H](C)c4ccc(Cl)cc4Cl)n3)C[C@@H]2O)N1. The van der Waals surface area contributed by atoms with Crippen molar-refractivity contribution in [2.24, 2.45) is 0 Å². The highest BCUT2D eigenvalue weighted by Gasteiger charge is 2.34. The molecule has 1 amide bonds. The Bertz CT molecular complexity index is 1110. The molecule has 2 fully saturated rings. The van der Waals surface area contributed by atoms with Crippen LogP contribution in [0.1, 0.15) is 44.7 Å². The summed E-state index contributed by atoms with van der Waals surface area (Å²) in [5, 5.41) is 20.9. The van der Waals surface area contributed by atoms with Crippen molar-refractivity contribution in [3.8, 4) is 5.75 Å². The summed E-state index contributed by atoms with van der Waals surface area (Å²) in [6.45, 7) is 1.37. The van der Waals surface area contributed by atoms with Crippen molar-refractivity contribution < 1.29 is 23.4 Å². The first kappa shape index (κ1) is 27.6. The lowest BCUT2D eigenvalue weighted by atomic mass is 10.0. The maximum Gasteiger partial charge on any atom is 0.387 e. The monoisotopic (exact) mass is 558 g/mol. The van der Waals surface area contributed by atoms with Crippen LogP contribution in [-0.2, 0) is 4.79 Å². The van der Waals surface area contributed by atoms with Gasteiger partial charge in [0.05, 0.1) is 30.4 Å². The molecule has 0 bridgehead atoms. The van der Waals surface area contributed by atoms with Crippen LogP contribution in [0.2, 0.25) is 10.0 Å². The predicted molar refractivity (Wildman–Crippen MR) is 138 cm³/mol. The highest BCUT2D eigenvalue weighted by molar-refractivity contribution is 6.35. The number of aliphatic hydroxyl groups excluding tert-OH is 1. The summed E-state index contributed by atoms with van der Waals surface area (Å²) >= 11 is 12.3. The van der Waals surface area contributed by atoms with Crippen molar-refractivity contribution >= 4 is 40.9 Å². The van der Waals surface area contributed by atoms with Gasteiger partial charge in [-0.2, -0.15) is 13.8 Å². The van der Waals surface area contributed by atoms with Crippen LogP contribution < -0.4 is 25.6 Å². The average Bonchev–Trinajstić information content (AvgIpc) is 3.27. The van der Waals surface area contributed by atoms with Gasteiger partial charge in [0.15, 0.2) is 11.6 Å². The van der Waals surface area contributed by atoms with Crippen LogP contribution in [0, 0.1) is 0 Å². The molecular formula is C24H30Cl2F2N6O3. The number of nitrogens with one attached hydrogen (secondary N) is 3. The van der Waals surface area contributed by atoms with Gasteiger partial charge in [0.1, 0.15) is 0 Å². The van der Waals surface area contributed by atoms with E-state index < -0.39 is 24.8 Å². The number of halogens is 4. The minimum Gasteiger partial charge on any atom is -0.429 e. The number of hydrogen-bond donors (Lipinski definition) is 4. The molecule has 2 aliphatic rings. The summed E-state index contributed by atoms with van der Waals surface area (Å²) in [4.78, 5) is 22.9. The zero-order valence-corrected chi connectivity index (χ0v) is 21.9. The summed E-state index contributed by atoms with van der Waals surface area (Å²) in [6.07, 6.45) is 2.47. The van der Waals surface area contributed by atoms with Gasteiger partial charge in [-0.3, -0.25) is 4.79 Å². The third kappa shape index (κ3) is 6.90. The van der Waals surface area contributed by atoms with Crippen molar-refractivity contribution in [2.75, 3.05) is 23.3 Å². The number of alkyl halides is 2. The van der Waals surface area contributed by atoms with Gasteiger partial charge in [0.25, 0.3) is 0 Å². The van der Waals surface area contributed by atoms with Crippen LogP contribution in [0.4, 0.5) is 20.5 Å². The number of piperidine rings is 1. The Labute approximate surface area is 223 Å². The summed E-state index contributed by atoms with van der Waals surface area (Å²) in [7, 11) is 0. The van der Waals surface area contributed by atoms with Gasteiger partial charge in [0, 0.05) is 29.2 Å². The van der Waals surface area contributed by atoms with Crippen molar-refractivity contribution in [1.29, 1.82) is 0 Å². The molecule has 4 rings (SSSR count). The summed E-state index contributed by atoms with van der Waals surface area (Å²) < 4.78 is 30.7. The maximum absolute atomic E-state index is 13.0. The normalized spacial score (nSPS) is 24.7. The van der Waals surface area contributed by atoms with Crippen molar-refractivity contribution in [2.45, 2.75) is 70.0 Å². The van der Waals surface area contributed by atoms with Gasteiger partial charge in [-0.25, -0.2) is 4.98 Å². The van der Waals surface area contributed by atoms with Crippen LogP contribution in [0.3, 0.4) is 0 Å². The van der Waals surface area contributed by atoms with Crippen LogP contribution in [0.25, 0.3) is 0 Å². The Morgan fingerprint density at radius 2 is 2.08 bits per heavy atom. The van der Waals surface area contributed by atoms with E-state index in [0.717, 1.165) is 12.8 Å². The number of carbonyl (C=O) groups excluding carboxylic acids is 1. The first-order chi connectivity index (χ1) is 17.6. The number of nitrogens with zero attached hydrogens (tertiary/aromatic N) is 3. The molecule has 37 heavy (non-hydrogen) atoms. The third-order valence-electron chi connectivity index (χ3n) is 6.62. The molecule has 202 valence electrons. The first-order valence-corrected chi connectivity index (χ1v) is 12.9. The Morgan fingerprint density at radius 3 is 2.73 bits per heavy atom. The molecule has 2 aliphatic heterocycles. The predicted octanol–water partition coefficient (Wildman–Crippen LogP) is 3.75. The van der Waals surface area contributed by atoms with E-state index in [0.29, 0.717) is 28.6 Å². The van der Waals surface area contributed by atoms with Crippen LogP contribution >= 0.6 is 23.2 Å². The number of rotatable bonds is 8. The average molecular weight is 559 g/mol. The maximum atomic E-state index is 13.0. The van der Waals surface area contributed by atoms with Gasteiger partial charge in [-0.05, 0) is 50.8 Å². The molecule has 0 spiro atoms. The molecule has 0 aliphatic carbocycles. The van der Waals surface area contributed by atoms with Crippen LogP contribution in [0.5, 0.6) is 5.75 Å². The van der Waals surface area contributed by atoms with Crippen molar-refractivity contribution in [3.63, 3.8) is 0 Å². The molecule has 0 unspecified atom stereocenters. The van der Waals surface area contributed by atoms with E-state index >= 15 is 0 Å². The number of hydrogen-bond acceptors (Lipinski definition) is 8. The van der Waals surface area contributed by atoms with E-state index in [2.05, 4.69) is 30.7 Å². The number of benzene rings is 1. The van der Waals surface area contributed by atoms with Gasteiger partial charge in [0.2, 0.25) is 11.9 Å². The van der Waals surface area contributed by atoms with E-state index in [1.807, 2.05) is 6.92 Å². The number of amides is 1. The number of carbonyl (C=O) groups is 1. The molecule has 0 radical (unpaired) electrons. The zero-order valence-electron chi connectivity index (χ0n) is 20.4.